The highest BCUT2D eigenvalue weighted by Gasteiger charge is 2.27. The molecule has 0 aromatic heterocycles. The second-order valence-electron chi connectivity index (χ2n) is 3.07. The van der Waals surface area contributed by atoms with Crippen LogP contribution < -0.4 is 10.6 Å². The molecule has 2 amide bonds. The van der Waals surface area contributed by atoms with E-state index in [-0.39, 0.29) is 6.04 Å². The van der Waals surface area contributed by atoms with Crippen molar-refractivity contribution in [2.75, 3.05) is 6.54 Å². The molecule has 0 radical (unpaired) electrons. The third-order valence-electron chi connectivity index (χ3n) is 1.65. The SMILES string of the molecule is C=CC(CCC)NC(=O)NCC(F)(F)F. The first kappa shape index (κ1) is 13.8. The van der Waals surface area contributed by atoms with Crippen LogP contribution in [0, 0.1) is 0 Å². The van der Waals surface area contributed by atoms with Gasteiger partial charge in [0.25, 0.3) is 0 Å². The average molecular weight is 224 g/mol. The van der Waals surface area contributed by atoms with Gasteiger partial charge in [0.2, 0.25) is 0 Å². The molecule has 88 valence electrons. The molecule has 0 rings (SSSR count). The minimum atomic E-state index is -4.38. The Bertz CT molecular complexity index is 216. The summed E-state index contributed by atoms with van der Waals surface area (Å²) in [6.07, 6.45) is -1.42. The largest absolute Gasteiger partial charge is 0.405 e. The maximum Gasteiger partial charge on any atom is 0.405 e. The van der Waals surface area contributed by atoms with Gasteiger partial charge < -0.3 is 10.6 Å². The molecular weight excluding hydrogens is 209 g/mol. The summed E-state index contributed by atoms with van der Waals surface area (Å²) in [5, 5.41) is 4.10. The van der Waals surface area contributed by atoms with Crippen LogP contribution in [0.4, 0.5) is 18.0 Å². The summed E-state index contributed by atoms with van der Waals surface area (Å²) in [4.78, 5) is 11.0. The van der Waals surface area contributed by atoms with Crippen molar-refractivity contribution in [3.05, 3.63) is 12.7 Å². The fourth-order valence-electron chi connectivity index (χ4n) is 0.960. The van der Waals surface area contributed by atoms with Crippen molar-refractivity contribution in [3.8, 4) is 0 Å². The quantitative estimate of drug-likeness (QED) is 0.690. The van der Waals surface area contributed by atoms with Crippen LogP contribution in [0.15, 0.2) is 12.7 Å². The summed E-state index contributed by atoms with van der Waals surface area (Å²) in [6, 6.07) is -1.12. The smallest absolute Gasteiger partial charge is 0.332 e. The summed E-state index contributed by atoms with van der Waals surface area (Å²) in [7, 11) is 0. The van der Waals surface area contributed by atoms with Crippen molar-refractivity contribution in [2.45, 2.75) is 32.0 Å². The molecule has 0 aliphatic heterocycles. The molecule has 6 heteroatoms. The molecule has 15 heavy (non-hydrogen) atoms. The summed E-state index contributed by atoms with van der Waals surface area (Å²) in [5.74, 6) is 0. The minimum absolute atomic E-state index is 0.289. The number of halogens is 3. The van der Waals surface area contributed by atoms with Crippen LogP contribution in [0.1, 0.15) is 19.8 Å². The lowest BCUT2D eigenvalue weighted by atomic mass is 10.2. The molecule has 1 unspecified atom stereocenters. The number of hydrogen-bond acceptors (Lipinski definition) is 1. The van der Waals surface area contributed by atoms with Gasteiger partial charge in [-0.05, 0) is 6.42 Å². The molecule has 0 aromatic rings. The van der Waals surface area contributed by atoms with Crippen molar-refractivity contribution >= 4 is 6.03 Å². The Hall–Kier alpha value is -1.20. The molecule has 0 heterocycles. The van der Waals surface area contributed by atoms with E-state index in [4.69, 9.17) is 0 Å². The predicted molar refractivity (Wildman–Crippen MR) is 51.5 cm³/mol. The van der Waals surface area contributed by atoms with E-state index in [2.05, 4.69) is 11.9 Å². The van der Waals surface area contributed by atoms with Crippen LogP contribution in [0.2, 0.25) is 0 Å². The van der Waals surface area contributed by atoms with Gasteiger partial charge in [-0.25, -0.2) is 4.79 Å². The minimum Gasteiger partial charge on any atom is -0.332 e. The highest BCUT2D eigenvalue weighted by molar-refractivity contribution is 5.74. The van der Waals surface area contributed by atoms with Crippen LogP contribution in [-0.2, 0) is 0 Å². The molecule has 0 aliphatic carbocycles. The lowest BCUT2D eigenvalue weighted by molar-refractivity contribution is -0.122. The van der Waals surface area contributed by atoms with Crippen LogP contribution in [-0.4, -0.2) is 24.8 Å². The monoisotopic (exact) mass is 224 g/mol. The predicted octanol–water partition coefficient (Wildman–Crippen LogP) is 2.20. The Balaban J connectivity index is 3.86. The molecule has 0 saturated heterocycles. The van der Waals surface area contributed by atoms with E-state index < -0.39 is 18.8 Å². The van der Waals surface area contributed by atoms with Crippen LogP contribution in [0.25, 0.3) is 0 Å². The van der Waals surface area contributed by atoms with Gasteiger partial charge in [0.15, 0.2) is 0 Å². The summed E-state index contributed by atoms with van der Waals surface area (Å²) >= 11 is 0. The Labute approximate surface area is 86.7 Å². The number of urea groups is 1. The molecular formula is C9H15F3N2O. The van der Waals surface area contributed by atoms with Crippen molar-refractivity contribution in [1.82, 2.24) is 10.6 Å². The number of carbonyl (C=O) groups is 1. The Morgan fingerprint density at radius 1 is 1.53 bits per heavy atom. The fraction of sp³-hybridized carbons (Fsp3) is 0.667. The van der Waals surface area contributed by atoms with Gasteiger partial charge in [0.05, 0.1) is 0 Å². The zero-order chi connectivity index (χ0) is 11.9. The van der Waals surface area contributed by atoms with Crippen LogP contribution in [0.5, 0.6) is 0 Å². The van der Waals surface area contributed by atoms with E-state index in [9.17, 15) is 18.0 Å². The zero-order valence-corrected chi connectivity index (χ0v) is 8.53. The fourth-order valence-corrected chi connectivity index (χ4v) is 0.960. The number of nitrogens with one attached hydrogen (secondary N) is 2. The van der Waals surface area contributed by atoms with Crippen molar-refractivity contribution in [2.24, 2.45) is 0 Å². The van der Waals surface area contributed by atoms with Gasteiger partial charge in [-0.2, -0.15) is 13.2 Å². The molecule has 0 fully saturated rings. The molecule has 0 aliphatic rings. The van der Waals surface area contributed by atoms with Crippen molar-refractivity contribution < 1.29 is 18.0 Å². The highest BCUT2D eigenvalue weighted by Crippen LogP contribution is 2.11. The van der Waals surface area contributed by atoms with Crippen LogP contribution in [0.3, 0.4) is 0 Å². The zero-order valence-electron chi connectivity index (χ0n) is 8.53. The lowest BCUT2D eigenvalue weighted by Gasteiger charge is -2.15. The molecule has 0 spiro atoms. The van der Waals surface area contributed by atoms with E-state index in [1.54, 1.807) is 5.32 Å². The molecule has 0 aromatic carbocycles. The van der Waals surface area contributed by atoms with Crippen molar-refractivity contribution in [3.63, 3.8) is 0 Å². The van der Waals surface area contributed by atoms with Gasteiger partial charge in [-0.15, -0.1) is 6.58 Å². The normalized spacial score (nSPS) is 13.1. The summed E-state index contributed by atoms with van der Waals surface area (Å²) in [5.41, 5.74) is 0. The van der Waals surface area contributed by atoms with Gasteiger partial charge in [-0.1, -0.05) is 19.4 Å². The van der Waals surface area contributed by atoms with E-state index in [0.717, 1.165) is 6.42 Å². The van der Waals surface area contributed by atoms with Crippen LogP contribution >= 0.6 is 0 Å². The standard InChI is InChI=1S/C9H15F3N2O/c1-3-5-7(4-2)14-8(15)13-6-9(10,11)12/h4,7H,2-3,5-6H2,1H3,(H2,13,14,15). The Kier molecular flexibility index (Phi) is 5.81. The van der Waals surface area contributed by atoms with Gasteiger partial charge in [-0.3, -0.25) is 0 Å². The molecule has 0 saturated carbocycles. The maximum absolute atomic E-state index is 11.7. The molecule has 0 bridgehead atoms. The molecule has 2 N–H and O–H groups in total. The second kappa shape index (κ2) is 6.31. The number of amides is 2. The highest BCUT2D eigenvalue weighted by atomic mass is 19.4. The second-order valence-corrected chi connectivity index (χ2v) is 3.07. The topological polar surface area (TPSA) is 41.1 Å². The first-order valence-corrected chi connectivity index (χ1v) is 4.62. The van der Waals surface area contributed by atoms with Gasteiger partial charge in [0.1, 0.15) is 6.54 Å². The average Bonchev–Trinajstić information content (AvgIpc) is 2.13. The lowest BCUT2D eigenvalue weighted by Crippen LogP contribution is -2.44. The van der Waals surface area contributed by atoms with E-state index in [1.807, 2.05) is 6.92 Å². The molecule has 3 nitrogen and oxygen atoms in total. The third kappa shape index (κ3) is 7.84. The molecule has 1 atom stereocenters. The summed E-state index contributed by atoms with van der Waals surface area (Å²) in [6.45, 7) is 4.06. The van der Waals surface area contributed by atoms with E-state index >= 15 is 0 Å². The third-order valence-corrected chi connectivity index (χ3v) is 1.65. The Morgan fingerprint density at radius 2 is 2.13 bits per heavy atom. The number of alkyl halides is 3. The summed E-state index contributed by atoms with van der Waals surface area (Å²) < 4.78 is 35.2. The van der Waals surface area contributed by atoms with Crippen molar-refractivity contribution in [1.29, 1.82) is 0 Å². The van der Waals surface area contributed by atoms with E-state index in [1.165, 1.54) is 6.08 Å². The number of rotatable bonds is 5. The van der Waals surface area contributed by atoms with Gasteiger partial charge >= 0.3 is 12.2 Å². The van der Waals surface area contributed by atoms with E-state index in [0.29, 0.717) is 6.42 Å². The van der Waals surface area contributed by atoms with Gasteiger partial charge in [0, 0.05) is 6.04 Å². The first-order valence-electron chi connectivity index (χ1n) is 4.62. The first-order chi connectivity index (χ1) is 6.89. The maximum atomic E-state index is 11.7. The number of hydrogen-bond donors (Lipinski definition) is 2. The number of carbonyl (C=O) groups excluding carboxylic acids is 1. The Morgan fingerprint density at radius 3 is 2.53 bits per heavy atom.